The number of amides is 2. The molecule has 0 saturated heterocycles. The van der Waals surface area contributed by atoms with Gasteiger partial charge in [0.25, 0.3) is 0 Å². The number of nitrogens with zero attached hydrogens (tertiary/aromatic N) is 1. The normalized spacial score (nSPS) is 13.1. The first-order valence-electron chi connectivity index (χ1n) is 16.1. The molecule has 0 bridgehead atoms. The van der Waals surface area contributed by atoms with E-state index in [2.05, 4.69) is 25.7 Å². The summed E-state index contributed by atoms with van der Waals surface area (Å²) in [6.45, 7) is 9.57. The van der Waals surface area contributed by atoms with Crippen molar-refractivity contribution in [2.24, 2.45) is 0 Å². The molecule has 14 heteroatoms. The third-order valence-corrected chi connectivity index (χ3v) is 9.50. The maximum absolute atomic E-state index is 13.4. The van der Waals surface area contributed by atoms with Crippen LogP contribution in [0.2, 0.25) is 0 Å². The highest BCUT2D eigenvalue weighted by Crippen LogP contribution is 2.41. The zero-order chi connectivity index (χ0) is 36.9. The molecule has 5 N–H and O–H groups in total. The van der Waals surface area contributed by atoms with Crippen molar-refractivity contribution < 1.29 is 32.7 Å². The highest BCUT2D eigenvalue weighted by Gasteiger charge is 2.22. The van der Waals surface area contributed by atoms with Crippen molar-refractivity contribution in [3.05, 3.63) is 90.6 Å². The van der Waals surface area contributed by atoms with Crippen molar-refractivity contribution in [2.45, 2.75) is 33.1 Å². The van der Waals surface area contributed by atoms with Crippen LogP contribution in [0.5, 0.6) is 23.0 Å². The molecule has 2 amide bonds. The molecule has 0 radical (unpaired) electrons. The van der Waals surface area contributed by atoms with Crippen LogP contribution in [0.25, 0.3) is 10.8 Å². The number of aromatic nitrogens is 1. The van der Waals surface area contributed by atoms with Gasteiger partial charge in [-0.1, -0.05) is 45.0 Å². The van der Waals surface area contributed by atoms with Gasteiger partial charge in [-0.2, -0.15) is 0 Å². The molecule has 0 saturated carbocycles. The third-order valence-electron chi connectivity index (χ3n) is 7.73. The third kappa shape index (κ3) is 9.18. The number of fused-ring (bicyclic) bond motifs is 1. The molecule has 4 aromatic carbocycles. The summed E-state index contributed by atoms with van der Waals surface area (Å²) in [5.41, 5.74) is 2.75. The van der Waals surface area contributed by atoms with Crippen LogP contribution in [-0.2, 0) is 21.0 Å². The molecule has 0 spiro atoms. The smallest absolute Gasteiger partial charge is 0.323 e. The molecule has 5 aromatic rings. The van der Waals surface area contributed by atoms with Crippen molar-refractivity contribution in [2.75, 3.05) is 47.3 Å². The van der Waals surface area contributed by atoms with Crippen LogP contribution in [0.3, 0.4) is 0 Å². The molecule has 2 unspecified atom stereocenters. The zero-order valence-electron chi connectivity index (χ0n) is 29.5. The lowest BCUT2D eigenvalue weighted by Gasteiger charge is -2.24. The number of carbonyl (C=O) groups excluding carboxylic acids is 1. The number of methoxy groups -OCH3 is 1. The molecular weight excluding hydrogens is 689 g/mol. The van der Waals surface area contributed by atoms with E-state index in [1.165, 1.54) is 20.0 Å². The van der Waals surface area contributed by atoms with Gasteiger partial charge >= 0.3 is 6.03 Å². The van der Waals surface area contributed by atoms with E-state index >= 15 is 0 Å². The molecule has 1 heterocycles. The topological polar surface area (TPSA) is 160 Å². The van der Waals surface area contributed by atoms with Gasteiger partial charge in [-0.05, 0) is 60.4 Å². The Morgan fingerprint density at radius 3 is 2.29 bits per heavy atom. The van der Waals surface area contributed by atoms with Gasteiger partial charge in [-0.15, -0.1) is 0 Å². The van der Waals surface area contributed by atoms with Crippen molar-refractivity contribution >= 4 is 69.0 Å². The van der Waals surface area contributed by atoms with E-state index in [-0.39, 0.29) is 10.7 Å². The van der Waals surface area contributed by atoms with Crippen molar-refractivity contribution in [1.29, 1.82) is 0 Å². The molecule has 1 aromatic heterocycles. The van der Waals surface area contributed by atoms with E-state index in [0.717, 1.165) is 16.3 Å². The number of hydrogen-bond donors (Lipinski definition) is 5. The molecule has 12 nitrogen and oxygen atoms in total. The molecule has 0 fully saturated rings. The lowest BCUT2D eigenvalue weighted by atomic mass is 9.86. The average molecular weight is 732 g/mol. The average Bonchev–Trinajstić information content (AvgIpc) is 3.05. The molecule has 2 atom stereocenters. The first-order chi connectivity index (χ1) is 24.2. The number of nitrogens with one attached hydrogen (secondary N) is 4. The predicted molar refractivity (Wildman–Crippen MR) is 207 cm³/mol. The first-order valence-corrected chi connectivity index (χ1v) is 19.7. The summed E-state index contributed by atoms with van der Waals surface area (Å²) in [5, 5.41) is 10.8. The van der Waals surface area contributed by atoms with Crippen LogP contribution in [-0.4, -0.2) is 46.8 Å². The molecule has 0 aliphatic carbocycles. The minimum atomic E-state index is -3.53. The molecule has 5 rings (SSSR count). The number of carbonyl (C=O) groups is 1. The SMILES string of the molecule is CCOc1cc(Nc2cc(Oc3ccc(NC(=O)Nc4cc(C(C)(C)C)cc(NS(C)=O)c4OC)c4ccccc34)ccn2)ccc1P(C)(=O)O. The highest BCUT2D eigenvalue weighted by atomic mass is 32.2. The van der Waals surface area contributed by atoms with Crippen LogP contribution >= 0.6 is 7.37 Å². The van der Waals surface area contributed by atoms with Gasteiger partial charge in [-0.3, -0.25) is 4.57 Å². The van der Waals surface area contributed by atoms with E-state index in [4.69, 9.17) is 14.2 Å². The summed E-state index contributed by atoms with van der Waals surface area (Å²) < 4.78 is 44.9. The van der Waals surface area contributed by atoms with E-state index in [1.54, 1.807) is 48.7 Å². The fourth-order valence-electron chi connectivity index (χ4n) is 5.37. The Hall–Kier alpha value is -5.10. The van der Waals surface area contributed by atoms with Gasteiger partial charge in [0.2, 0.25) is 7.37 Å². The fraction of sp³-hybridized carbons (Fsp3) is 0.243. The van der Waals surface area contributed by atoms with Gasteiger partial charge in [0, 0.05) is 47.7 Å². The molecular formula is C37H42N5O7PS. The first kappa shape index (κ1) is 37.2. The summed E-state index contributed by atoms with van der Waals surface area (Å²) in [6.07, 6.45) is 3.13. The van der Waals surface area contributed by atoms with E-state index < -0.39 is 24.4 Å². The van der Waals surface area contributed by atoms with Crippen molar-refractivity contribution in [3.63, 3.8) is 0 Å². The standard InChI is InChI=1S/C37H42N5O7PS/c1-8-48-32-21-24(13-16-33(32)50(6,44)45)39-34-22-25(17-18-38-34)49-31-15-14-28(26-11-9-10-12-27(26)31)40-36(43)41-29-19-23(37(2,3)4)20-30(35(29)47-5)42-51(7)46/h9-22,42H,8H2,1-7H3,(H,38,39)(H,44,45)(H2,40,41,43). The Bertz CT molecular complexity index is 2150. The second-order valence-electron chi connectivity index (χ2n) is 12.7. The van der Waals surface area contributed by atoms with E-state index in [0.29, 0.717) is 58.2 Å². The summed E-state index contributed by atoms with van der Waals surface area (Å²) >= 11 is 0. The second-order valence-corrected chi connectivity index (χ2v) is 16.1. The largest absolute Gasteiger partial charge is 0.493 e. The van der Waals surface area contributed by atoms with Gasteiger partial charge < -0.3 is 39.8 Å². The van der Waals surface area contributed by atoms with Crippen LogP contribution in [0.4, 0.5) is 33.4 Å². The Morgan fingerprint density at radius 2 is 1.63 bits per heavy atom. The maximum Gasteiger partial charge on any atom is 0.323 e. The quantitative estimate of drug-likeness (QED) is 0.0795. The minimum Gasteiger partial charge on any atom is -0.493 e. The maximum atomic E-state index is 13.4. The molecule has 0 aliphatic rings. The van der Waals surface area contributed by atoms with Crippen molar-refractivity contribution in [3.8, 4) is 23.0 Å². The van der Waals surface area contributed by atoms with E-state index in [9.17, 15) is 18.5 Å². The monoisotopic (exact) mass is 731 g/mol. The Morgan fingerprint density at radius 1 is 0.922 bits per heavy atom. The van der Waals surface area contributed by atoms with Gasteiger partial charge in [0.05, 0.1) is 36.1 Å². The van der Waals surface area contributed by atoms with Crippen LogP contribution in [0, 0.1) is 0 Å². The van der Waals surface area contributed by atoms with E-state index in [1.807, 2.05) is 64.1 Å². The molecule has 51 heavy (non-hydrogen) atoms. The summed E-state index contributed by atoms with van der Waals surface area (Å²) in [4.78, 5) is 28.0. The number of hydrogen-bond acceptors (Lipinski definition) is 8. The second kappa shape index (κ2) is 15.4. The summed E-state index contributed by atoms with van der Waals surface area (Å²) in [5.74, 6) is 2.23. The van der Waals surface area contributed by atoms with Gasteiger partial charge in [0.1, 0.15) is 34.1 Å². The minimum absolute atomic E-state index is 0.244. The Labute approximate surface area is 300 Å². The number of anilines is 5. The number of urea groups is 1. The summed E-state index contributed by atoms with van der Waals surface area (Å²) in [7, 11) is -3.40. The van der Waals surface area contributed by atoms with Gasteiger partial charge in [0.15, 0.2) is 5.75 Å². The lowest BCUT2D eigenvalue weighted by molar-refractivity contribution is 0.262. The van der Waals surface area contributed by atoms with Crippen LogP contribution in [0.15, 0.2) is 85.1 Å². The van der Waals surface area contributed by atoms with Crippen LogP contribution < -0.4 is 40.2 Å². The Kier molecular flexibility index (Phi) is 11.2. The van der Waals surface area contributed by atoms with Crippen molar-refractivity contribution in [1.82, 2.24) is 4.98 Å². The number of pyridine rings is 1. The highest BCUT2D eigenvalue weighted by molar-refractivity contribution is 7.85. The predicted octanol–water partition coefficient (Wildman–Crippen LogP) is 8.35. The number of ether oxygens (including phenoxy) is 3. The Balaban J connectivity index is 1.38. The van der Waals surface area contributed by atoms with Gasteiger partial charge in [-0.25, -0.2) is 14.0 Å². The fourth-order valence-corrected chi connectivity index (χ4v) is 6.72. The lowest BCUT2D eigenvalue weighted by Crippen LogP contribution is -2.21. The van der Waals surface area contributed by atoms with Crippen LogP contribution in [0.1, 0.15) is 33.3 Å². The number of benzene rings is 4. The number of rotatable bonds is 12. The summed E-state index contributed by atoms with van der Waals surface area (Å²) in [6, 6.07) is 22.7. The molecule has 268 valence electrons. The molecule has 0 aliphatic heterocycles. The zero-order valence-corrected chi connectivity index (χ0v) is 31.2.